The largest absolute Gasteiger partial charge is 0.296 e. The summed E-state index contributed by atoms with van der Waals surface area (Å²) >= 11 is 0.730. The smallest absolute Gasteiger partial charge is 0.293 e. The number of carbonyl (C=O) groups is 1. The second kappa shape index (κ2) is 7.20. The molecule has 1 aliphatic heterocycles. The first-order valence-electron chi connectivity index (χ1n) is 8.80. The van der Waals surface area contributed by atoms with E-state index in [1.807, 2.05) is 32.0 Å². The molecule has 2 heterocycles. The minimum absolute atomic E-state index is 0.0202. The Kier molecular flexibility index (Phi) is 4.83. The summed E-state index contributed by atoms with van der Waals surface area (Å²) in [6.07, 6.45) is 0.602. The quantitative estimate of drug-likeness (QED) is 0.638. The molecule has 29 heavy (non-hydrogen) atoms. The van der Waals surface area contributed by atoms with Crippen LogP contribution in [0.25, 0.3) is 0 Å². The molecule has 3 aromatic rings. The monoisotopic (exact) mass is 432 g/mol. The average Bonchev–Trinajstić information content (AvgIpc) is 3.26. The summed E-state index contributed by atoms with van der Waals surface area (Å²) in [4.78, 5) is 12.2. The standard InChI is InChI=1S/C19H17FN4O3S2/c1-11-7-8-13-10-12(2)24(16(13)9-11)29(26,27)19-23-22-18(28-19)21-17(25)14-5-3-4-6-15(14)20/h3-9,12H,10H2,1-2H3,(H,21,22,25)/t12-/m0/s1. The van der Waals surface area contributed by atoms with E-state index in [0.717, 1.165) is 22.5 Å². The number of hydrogen-bond acceptors (Lipinski definition) is 6. The van der Waals surface area contributed by atoms with E-state index in [1.165, 1.54) is 28.6 Å². The van der Waals surface area contributed by atoms with Gasteiger partial charge in [0.15, 0.2) is 0 Å². The predicted octanol–water partition coefficient (Wildman–Crippen LogP) is 3.38. The first-order chi connectivity index (χ1) is 13.8. The molecule has 4 rings (SSSR count). The number of nitrogens with zero attached hydrogens (tertiary/aromatic N) is 3. The molecule has 150 valence electrons. The van der Waals surface area contributed by atoms with E-state index in [-0.39, 0.29) is 21.1 Å². The fraction of sp³-hybridized carbons (Fsp3) is 0.211. The highest BCUT2D eigenvalue weighted by Gasteiger charge is 2.38. The number of benzene rings is 2. The van der Waals surface area contributed by atoms with Crippen LogP contribution in [0.15, 0.2) is 46.8 Å². The number of nitrogens with one attached hydrogen (secondary N) is 1. The zero-order chi connectivity index (χ0) is 20.8. The highest BCUT2D eigenvalue weighted by Crippen LogP contribution is 2.38. The van der Waals surface area contributed by atoms with Crippen molar-refractivity contribution in [3.63, 3.8) is 0 Å². The summed E-state index contributed by atoms with van der Waals surface area (Å²) in [6, 6.07) is 10.9. The van der Waals surface area contributed by atoms with E-state index in [4.69, 9.17) is 0 Å². The van der Waals surface area contributed by atoms with Crippen LogP contribution >= 0.6 is 11.3 Å². The highest BCUT2D eigenvalue weighted by molar-refractivity contribution is 7.94. The maximum absolute atomic E-state index is 13.8. The zero-order valence-electron chi connectivity index (χ0n) is 15.6. The molecular formula is C19H17FN4O3S2. The van der Waals surface area contributed by atoms with Gasteiger partial charge in [-0.3, -0.25) is 14.4 Å². The van der Waals surface area contributed by atoms with Crippen molar-refractivity contribution in [2.45, 2.75) is 30.6 Å². The number of anilines is 2. The van der Waals surface area contributed by atoms with E-state index in [1.54, 1.807) is 0 Å². The molecule has 2 aromatic carbocycles. The molecule has 1 aromatic heterocycles. The molecule has 10 heteroatoms. The second-order valence-corrected chi connectivity index (χ2v) is 9.76. The molecule has 0 unspecified atom stereocenters. The Labute approximate surface area is 171 Å². The van der Waals surface area contributed by atoms with Gasteiger partial charge in [0.2, 0.25) is 5.13 Å². The van der Waals surface area contributed by atoms with Gasteiger partial charge in [-0.05, 0) is 49.6 Å². The maximum Gasteiger partial charge on any atom is 0.293 e. The number of sulfonamides is 1. The van der Waals surface area contributed by atoms with Gasteiger partial charge in [0.1, 0.15) is 5.82 Å². The lowest BCUT2D eigenvalue weighted by Crippen LogP contribution is -2.35. The summed E-state index contributed by atoms with van der Waals surface area (Å²) in [6.45, 7) is 3.73. The minimum atomic E-state index is -3.95. The lowest BCUT2D eigenvalue weighted by atomic mass is 10.1. The Morgan fingerprint density at radius 2 is 2.00 bits per heavy atom. The molecule has 1 amide bonds. The number of amides is 1. The van der Waals surface area contributed by atoms with Crippen LogP contribution in [0.1, 0.15) is 28.4 Å². The van der Waals surface area contributed by atoms with E-state index in [9.17, 15) is 17.6 Å². The molecule has 0 radical (unpaired) electrons. The van der Waals surface area contributed by atoms with Crippen LogP contribution < -0.4 is 9.62 Å². The Hall–Kier alpha value is -2.85. The molecule has 0 saturated carbocycles. The second-order valence-electron chi connectivity index (χ2n) is 6.79. The maximum atomic E-state index is 13.8. The van der Waals surface area contributed by atoms with Gasteiger partial charge in [-0.15, -0.1) is 10.2 Å². The lowest BCUT2D eigenvalue weighted by Gasteiger charge is -2.22. The van der Waals surface area contributed by atoms with Gasteiger partial charge < -0.3 is 0 Å². The molecule has 0 spiro atoms. The average molecular weight is 433 g/mol. The fourth-order valence-corrected chi connectivity index (χ4v) is 5.98. The number of aromatic nitrogens is 2. The molecule has 0 aliphatic carbocycles. The number of rotatable bonds is 4. The number of carbonyl (C=O) groups excluding carboxylic acids is 1. The van der Waals surface area contributed by atoms with Crippen LogP contribution in [0.5, 0.6) is 0 Å². The van der Waals surface area contributed by atoms with Crippen molar-refractivity contribution in [2.75, 3.05) is 9.62 Å². The number of halogens is 1. The third-order valence-electron chi connectivity index (χ3n) is 4.62. The van der Waals surface area contributed by atoms with Crippen LogP contribution in [-0.4, -0.2) is 30.6 Å². The van der Waals surface area contributed by atoms with Crippen LogP contribution in [0.2, 0.25) is 0 Å². The lowest BCUT2D eigenvalue weighted by molar-refractivity contribution is 0.102. The van der Waals surface area contributed by atoms with Crippen molar-refractivity contribution in [3.05, 3.63) is 65.0 Å². The first-order valence-corrected chi connectivity index (χ1v) is 11.1. The van der Waals surface area contributed by atoms with Gasteiger partial charge in [-0.1, -0.05) is 35.6 Å². The summed E-state index contributed by atoms with van der Waals surface area (Å²) in [5.41, 5.74) is 2.37. The van der Waals surface area contributed by atoms with Crippen molar-refractivity contribution >= 4 is 38.1 Å². The summed E-state index contributed by atoms with van der Waals surface area (Å²) in [7, 11) is -3.95. The van der Waals surface area contributed by atoms with Gasteiger partial charge in [0, 0.05) is 6.04 Å². The predicted molar refractivity (Wildman–Crippen MR) is 108 cm³/mol. The molecule has 1 N–H and O–H groups in total. The highest BCUT2D eigenvalue weighted by atomic mass is 32.2. The summed E-state index contributed by atoms with van der Waals surface area (Å²) in [5.74, 6) is -1.40. The van der Waals surface area contributed by atoms with Crippen LogP contribution in [0, 0.1) is 12.7 Å². The summed E-state index contributed by atoms with van der Waals surface area (Å²) < 4.78 is 41.3. The summed E-state index contributed by atoms with van der Waals surface area (Å²) in [5, 5.41) is 9.90. The Balaban J connectivity index is 1.62. The van der Waals surface area contributed by atoms with Crippen molar-refractivity contribution in [3.8, 4) is 0 Å². The van der Waals surface area contributed by atoms with E-state index in [0.29, 0.717) is 12.1 Å². The van der Waals surface area contributed by atoms with Gasteiger partial charge in [0.25, 0.3) is 20.3 Å². The Morgan fingerprint density at radius 3 is 2.76 bits per heavy atom. The number of hydrogen-bond donors (Lipinski definition) is 1. The van der Waals surface area contributed by atoms with E-state index in [2.05, 4.69) is 15.5 Å². The van der Waals surface area contributed by atoms with Gasteiger partial charge in [0.05, 0.1) is 11.3 Å². The molecule has 1 aliphatic rings. The normalized spacial score (nSPS) is 16.0. The van der Waals surface area contributed by atoms with Gasteiger partial charge >= 0.3 is 0 Å². The third-order valence-corrected chi connectivity index (χ3v) is 7.73. The molecule has 0 saturated heterocycles. The van der Waals surface area contributed by atoms with E-state index < -0.39 is 21.7 Å². The molecular weight excluding hydrogens is 415 g/mol. The Bertz CT molecular complexity index is 1210. The fourth-order valence-electron chi connectivity index (χ4n) is 3.32. The molecule has 0 fully saturated rings. The van der Waals surface area contributed by atoms with Crippen LogP contribution in [-0.2, 0) is 16.4 Å². The Morgan fingerprint density at radius 1 is 1.24 bits per heavy atom. The van der Waals surface area contributed by atoms with Gasteiger partial charge in [-0.25, -0.2) is 4.39 Å². The minimum Gasteiger partial charge on any atom is -0.296 e. The first kappa shape index (κ1) is 19.5. The molecule has 7 nitrogen and oxygen atoms in total. The number of aryl methyl sites for hydroxylation is 1. The van der Waals surface area contributed by atoms with E-state index >= 15 is 0 Å². The third kappa shape index (κ3) is 3.49. The topological polar surface area (TPSA) is 92.3 Å². The van der Waals surface area contributed by atoms with Crippen molar-refractivity contribution in [1.29, 1.82) is 0 Å². The SMILES string of the molecule is Cc1ccc2c(c1)N(S(=O)(=O)c1nnc(NC(=O)c3ccccc3F)s1)[C@@H](C)C2. The zero-order valence-corrected chi connectivity index (χ0v) is 17.2. The van der Waals surface area contributed by atoms with Gasteiger partial charge in [-0.2, -0.15) is 8.42 Å². The van der Waals surface area contributed by atoms with Crippen LogP contribution in [0.4, 0.5) is 15.2 Å². The van der Waals surface area contributed by atoms with Crippen molar-refractivity contribution < 1.29 is 17.6 Å². The molecule has 1 atom stereocenters. The van der Waals surface area contributed by atoms with Crippen LogP contribution in [0.3, 0.4) is 0 Å². The van der Waals surface area contributed by atoms with Crippen molar-refractivity contribution in [2.24, 2.45) is 0 Å². The van der Waals surface area contributed by atoms with Crippen molar-refractivity contribution in [1.82, 2.24) is 10.2 Å². The number of fused-ring (bicyclic) bond motifs is 1. The molecule has 0 bridgehead atoms.